The molecule has 4 heterocycles. The largest absolute Gasteiger partial charge is 0.495 e. The van der Waals surface area contributed by atoms with Crippen molar-refractivity contribution in [3.05, 3.63) is 247 Å². The number of pyridine rings is 2. The number of fused-ring (bicyclic) bond motifs is 2. The van der Waals surface area contributed by atoms with Crippen molar-refractivity contribution in [2.75, 3.05) is 20.0 Å². The lowest BCUT2D eigenvalue weighted by Crippen LogP contribution is -2.19. The first-order valence-electron chi connectivity index (χ1n) is 25.2. The molecule has 0 aliphatic rings. The van der Waals surface area contributed by atoms with Gasteiger partial charge in [-0.3, -0.25) is 33.7 Å². The number of anilines is 1. The first-order chi connectivity index (χ1) is 41.0. The Balaban J connectivity index is 0.000000222. The Hall–Kier alpha value is -8.69. The molecule has 454 valence electrons. The molecule has 0 amide bonds. The molecule has 0 fully saturated rings. The van der Waals surface area contributed by atoms with Crippen LogP contribution in [0.1, 0.15) is 16.8 Å². The third kappa shape index (κ3) is 14.3. The number of hydrogen-bond acceptors (Lipinski definition) is 14. The van der Waals surface area contributed by atoms with Crippen LogP contribution in [0.15, 0.2) is 190 Å². The van der Waals surface area contributed by atoms with Crippen molar-refractivity contribution in [2.45, 2.75) is 29.4 Å². The SMILES string of the molecule is COc1cc(-c2ccc(Cl)c(C)c2)ccc1-n1c(=O)ccc2cc(S(=O)(=O)Cc3cnccn3)ccc21.COc1cc(-c2ccc(Cl)c(C)c2)ccc1-n1c(=O)ccc2cc(S(=O)(=O)Oc3c(F)c(F)c(F)c(F)c3F)ccc21.Nc1cnccn1.P.P. The number of aromatic nitrogens is 6. The van der Waals surface area contributed by atoms with E-state index in [9.17, 15) is 48.4 Å². The van der Waals surface area contributed by atoms with Crippen LogP contribution in [0.25, 0.3) is 55.4 Å². The van der Waals surface area contributed by atoms with E-state index in [2.05, 4.69) is 24.1 Å². The van der Waals surface area contributed by atoms with Gasteiger partial charge in [0.1, 0.15) is 22.2 Å². The van der Waals surface area contributed by atoms with E-state index in [0.29, 0.717) is 55.3 Å². The van der Waals surface area contributed by atoms with Gasteiger partial charge in [0.15, 0.2) is 9.84 Å². The average Bonchev–Trinajstić information content (AvgIpc) is 1.16. The Morgan fingerprint density at radius 3 is 1.36 bits per heavy atom. The number of sulfone groups is 1. The van der Waals surface area contributed by atoms with E-state index < -0.39 is 65.2 Å². The van der Waals surface area contributed by atoms with Gasteiger partial charge in [0.25, 0.3) is 11.1 Å². The molecule has 88 heavy (non-hydrogen) atoms. The summed E-state index contributed by atoms with van der Waals surface area (Å²) >= 11 is 12.3. The lowest BCUT2D eigenvalue weighted by atomic mass is 10.0. The molecule has 0 spiro atoms. The van der Waals surface area contributed by atoms with Gasteiger partial charge in [0, 0.05) is 63.9 Å². The van der Waals surface area contributed by atoms with Gasteiger partial charge in [-0.05, 0) is 144 Å². The van der Waals surface area contributed by atoms with Crippen LogP contribution in [0.5, 0.6) is 17.2 Å². The number of ether oxygens (including phenoxy) is 2. The molecule has 2 N–H and O–H groups in total. The number of hydrogen-bond donors (Lipinski definition) is 1. The van der Waals surface area contributed by atoms with Crippen molar-refractivity contribution >= 4 is 90.6 Å². The molecule has 27 heteroatoms. The minimum Gasteiger partial charge on any atom is -0.495 e. The molecular formula is C61H50Cl2F5N7O9P2S2. The second-order valence-corrected chi connectivity index (χ2v) is 23.0. The first kappa shape index (κ1) is 66.8. The molecule has 2 unspecified atom stereocenters. The summed E-state index contributed by atoms with van der Waals surface area (Å²) in [6, 6.07) is 35.3. The van der Waals surface area contributed by atoms with Crippen LogP contribution in [0, 0.1) is 42.9 Å². The van der Waals surface area contributed by atoms with Crippen LogP contribution in [0.3, 0.4) is 0 Å². The Morgan fingerprint density at radius 1 is 0.511 bits per heavy atom. The Morgan fingerprint density at radius 2 is 0.943 bits per heavy atom. The van der Waals surface area contributed by atoms with Crippen molar-refractivity contribution in [1.29, 1.82) is 0 Å². The summed E-state index contributed by atoms with van der Waals surface area (Å²) in [6.45, 7) is 3.80. The molecule has 0 bridgehead atoms. The highest BCUT2D eigenvalue weighted by molar-refractivity contribution is 7.90. The third-order valence-corrected chi connectivity index (χ3v) is 16.8. The van der Waals surface area contributed by atoms with Crippen LogP contribution >= 0.6 is 43.0 Å². The van der Waals surface area contributed by atoms with E-state index in [1.54, 1.807) is 62.0 Å². The lowest BCUT2D eigenvalue weighted by Gasteiger charge is -2.16. The standard InChI is InChI=1S/C29H17ClF5NO5S.C28H22ClN3O4S.C4H5N3.2H3P/c1-14-11-15(3-7-19(14)30)16-4-8-21(22(13-16)40-2)36-20-9-6-18(12-17(20)5-10-23(36)37)42(38,39)41-29-27(34)25(32)24(31)26(33)28(29)35;1-18-13-19(3-7-24(18)29)20-4-8-26(27(15-20)36-2)32-25-9-6-23(14-21(25)5-10-28(32)33)37(34,35)17-22-16-30-11-12-31-22;5-4-3-6-1-2-7-4;;/h3-13H,1-2H3;3-16H,17H2,1-2H3;1-3H,(H2,5,7);2*1H3. The van der Waals surface area contributed by atoms with Gasteiger partial charge in [-0.2, -0.15) is 37.0 Å². The van der Waals surface area contributed by atoms with Crippen molar-refractivity contribution < 1.29 is 52.4 Å². The zero-order chi connectivity index (χ0) is 61.8. The highest BCUT2D eigenvalue weighted by Crippen LogP contribution is 2.36. The maximum absolute atomic E-state index is 14.1. The molecule has 0 aliphatic carbocycles. The summed E-state index contributed by atoms with van der Waals surface area (Å²) in [4.78, 5) is 40.9. The highest BCUT2D eigenvalue weighted by atomic mass is 35.5. The third-order valence-electron chi connectivity index (χ3n) is 13.1. The Kier molecular flexibility index (Phi) is 21.3. The Bertz CT molecular complexity index is 4790. The maximum Gasteiger partial charge on any atom is 0.339 e. The van der Waals surface area contributed by atoms with Crippen molar-refractivity contribution in [2.24, 2.45) is 0 Å². The van der Waals surface area contributed by atoms with Crippen LogP contribution in [-0.4, -0.2) is 60.1 Å². The number of aryl methyl sites for hydroxylation is 2. The predicted octanol–water partition coefficient (Wildman–Crippen LogP) is 12.7. The van der Waals surface area contributed by atoms with E-state index in [1.165, 1.54) is 65.3 Å². The van der Waals surface area contributed by atoms with Crippen molar-refractivity contribution in [1.82, 2.24) is 29.1 Å². The molecule has 11 aromatic rings. The van der Waals surface area contributed by atoms with Gasteiger partial charge < -0.3 is 19.4 Å². The molecule has 2 atom stereocenters. The number of nitrogens with zero attached hydrogens (tertiary/aromatic N) is 6. The van der Waals surface area contributed by atoms with Crippen LogP contribution in [0.2, 0.25) is 10.0 Å². The summed E-state index contributed by atoms with van der Waals surface area (Å²) < 4.78 is 139. The first-order valence-corrected chi connectivity index (χ1v) is 29.0. The zero-order valence-corrected chi connectivity index (χ0v) is 52.7. The summed E-state index contributed by atoms with van der Waals surface area (Å²) in [6.07, 6.45) is 9.00. The number of nitrogens with two attached hydrogens (primary N) is 1. The monoisotopic (exact) mass is 1320 g/mol. The van der Waals surface area contributed by atoms with Gasteiger partial charge in [0.05, 0.1) is 59.2 Å². The number of methoxy groups -OCH3 is 2. The molecule has 0 saturated carbocycles. The molecule has 0 saturated heterocycles. The topological polar surface area (TPSA) is 218 Å². The van der Waals surface area contributed by atoms with E-state index in [-0.39, 0.29) is 46.9 Å². The van der Waals surface area contributed by atoms with Gasteiger partial charge >= 0.3 is 10.1 Å². The van der Waals surface area contributed by atoms with Crippen LogP contribution in [0.4, 0.5) is 27.8 Å². The average molecular weight is 1320 g/mol. The fourth-order valence-corrected chi connectivity index (χ4v) is 11.3. The highest BCUT2D eigenvalue weighted by Gasteiger charge is 2.31. The molecule has 7 aromatic carbocycles. The van der Waals surface area contributed by atoms with Gasteiger partial charge in [-0.25, -0.2) is 26.6 Å². The Labute approximate surface area is 516 Å². The fraction of sp³-hybridized carbons (Fsp3) is 0.0820. The normalized spacial score (nSPS) is 11.1. The number of rotatable bonds is 12. The van der Waals surface area contributed by atoms with Crippen molar-refractivity contribution in [3.8, 4) is 50.9 Å². The lowest BCUT2D eigenvalue weighted by molar-refractivity contribution is 0.346. The smallest absolute Gasteiger partial charge is 0.339 e. The molecule has 0 radical (unpaired) electrons. The van der Waals surface area contributed by atoms with E-state index in [4.69, 9.17) is 38.4 Å². The summed E-state index contributed by atoms with van der Waals surface area (Å²) in [7, 11) is -5.81. The second kappa shape index (κ2) is 28.0. The zero-order valence-electron chi connectivity index (χ0n) is 46.7. The number of halogens is 7. The molecule has 16 nitrogen and oxygen atoms in total. The minimum atomic E-state index is -5.10. The van der Waals surface area contributed by atoms with E-state index in [1.807, 2.05) is 62.4 Å². The summed E-state index contributed by atoms with van der Waals surface area (Å²) in [5, 5.41) is 2.05. The molecule has 4 aromatic heterocycles. The molecule has 11 rings (SSSR count). The fourth-order valence-electron chi connectivity index (χ4n) is 8.84. The number of benzene rings is 7. The summed E-state index contributed by atoms with van der Waals surface area (Å²) in [5.74, 6) is -13.1. The van der Waals surface area contributed by atoms with E-state index in [0.717, 1.165) is 51.6 Å². The van der Waals surface area contributed by atoms with Crippen LogP contribution < -0.4 is 30.5 Å². The molecule has 0 aliphatic heterocycles. The maximum atomic E-state index is 14.1. The minimum absolute atomic E-state index is 0. The van der Waals surface area contributed by atoms with Gasteiger partial charge in [0.2, 0.25) is 34.8 Å². The van der Waals surface area contributed by atoms with E-state index >= 15 is 0 Å². The van der Waals surface area contributed by atoms with Gasteiger partial charge in [-0.1, -0.05) is 47.5 Å². The second-order valence-electron chi connectivity index (χ2n) is 18.7. The van der Waals surface area contributed by atoms with Crippen molar-refractivity contribution in [3.63, 3.8) is 0 Å². The predicted molar refractivity (Wildman–Crippen MR) is 338 cm³/mol. The molecular weight excluding hydrogens is 1270 g/mol. The quantitative estimate of drug-likeness (QED) is 0.0396. The summed E-state index contributed by atoms with van der Waals surface area (Å²) in [5.41, 5.74) is 11.7. The van der Waals surface area contributed by atoms with Gasteiger partial charge in [-0.15, -0.1) is 0 Å². The van der Waals surface area contributed by atoms with Crippen LogP contribution in [-0.2, 0) is 25.7 Å². The number of nitrogen functional groups attached to an aromatic ring is 1.